The number of anilines is 2. The van der Waals surface area contributed by atoms with Gasteiger partial charge < -0.3 is 5.32 Å². The molecule has 6 nitrogen and oxygen atoms in total. The Balaban J connectivity index is 1.63. The van der Waals surface area contributed by atoms with Gasteiger partial charge in [0.25, 0.3) is 0 Å². The Morgan fingerprint density at radius 1 is 0.871 bits per heavy atom. The number of rotatable bonds is 4. The second-order valence-electron chi connectivity index (χ2n) is 7.38. The van der Waals surface area contributed by atoms with Gasteiger partial charge in [-0.05, 0) is 49.2 Å². The van der Waals surface area contributed by atoms with Gasteiger partial charge in [-0.1, -0.05) is 25.0 Å². The molecule has 0 saturated carbocycles. The number of hydrogen-bond donors (Lipinski definition) is 1. The van der Waals surface area contributed by atoms with Crippen molar-refractivity contribution in [1.29, 1.82) is 0 Å². The van der Waals surface area contributed by atoms with Gasteiger partial charge in [-0.3, -0.25) is 0 Å². The highest BCUT2D eigenvalue weighted by atomic mass is 32.2. The standard InChI is InChI=1S/C21H21F3N4O2S/c22-21(23,24)20-26-18-8-4-3-7-17(18)19(27-20)25-15-9-11-16(12-10-15)31(29,30)28-13-5-1-2-6-14-28/h3-4,7-12H,1-2,5-6,13-14H2,(H,25,26,27). The van der Waals surface area contributed by atoms with Crippen LogP contribution in [0, 0.1) is 0 Å². The van der Waals surface area contributed by atoms with Crippen LogP contribution in [0.5, 0.6) is 0 Å². The number of nitrogens with zero attached hydrogens (tertiary/aromatic N) is 3. The summed E-state index contributed by atoms with van der Waals surface area (Å²) in [5.41, 5.74) is 0.583. The molecule has 2 heterocycles. The summed E-state index contributed by atoms with van der Waals surface area (Å²) < 4.78 is 66.9. The van der Waals surface area contributed by atoms with E-state index in [2.05, 4.69) is 15.3 Å². The third-order valence-corrected chi connectivity index (χ3v) is 7.09. The fourth-order valence-corrected chi connectivity index (χ4v) is 5.09. The number of aromatic nitrogens is 2. The fraction of sp³-hybridized carbons (Fsp3) is 0.333. The van der Waals surface area contributed by atoms with Gasteiger partial charge in [0, 0.05) is 24.2 Å². The van der Waals surface area contributed by atoms with Crippen LogP contribution in [0.4, 0.5) is 24.7 Å². The number of halogens is 3. The molecule has 0 unspecified atom stereocenters. The molecule has 1 fully saturated rings. The zero-order valence-electron chi connectivity index (χ0n) is 16.6. The van der Waals surface area contributed by atoms with Crippen LogP contribution in [0.15, 0.2) is 53.4 Å². The lowest BCUT2D eigenvalue weighted by Crippen LogP contribution is -2.31. The molecule has 0 spiro atoms. The van der Waals surface area contributed by atoms with Crippen LogP contribution >= 0.6 is 0 Å². The monoisotopic (exact) mass is 450 g/mol. The van der Waals surface area contributed by atoms with Crippen molar-refractivity contribution in [1.82, 2.24) is 14.3 Å². The fourth-order valence-electron chi connectivity index (χ4n) is 3.58. The SMILES string of the molecule is O=S(=O)(c1ccc(Nc2nc(C(F)(F)F)nc3ccccc23)cc1)N1CCCCCC1. The molecule has 1 aromatic heterocycles. The summed E-state index contributed by atoms with van der Waals surface area (Å²) in [5.74, 6) is -1.24. The summed E-state index contributed by atoms with van der Waals surface area (Å²) in [6.07, 6.45) is -0.989. The first-order chi connectivity index (χ1) is 14.7. The maximum Gasteiger partial charge on any atom is 0.451 e. The topological polar surface area (TPSA) is 75.2 Å². The maximum absolute atomic E-state index is 13.2. The van der Waals surface area contributed by atoms with Crippen molar-refractivity contribution in [3.63, 3.8) is 0 Å². The predicted octanol–water partition coefficient (Wildman–Crippen LogP) is 4.96. The lowest BCUT2D eigenvalue weighted by molar-refractivity contribution is -0.144. The number of hydrogen-bond acceptors (Lipinski definition) is 5. The van der Waals surface area contributed by atoms with Gasteiger partial charge in [-0.25, -0.2) is 18.4 Å². The third-order valence-electron chi connectivity index (χ3n) is 5.18. The third kappa shape index (κ3) is 4.64. The van der Waals surface area contributed by atoms with Crippen LogP contribution in [0.2, 0.25) is 0 Å². The Morgan fingerprint density at radius 3 is 2.16 bits per heavy atom. The molecule has 2 aromatic carbocycles. The Hall–Kier alpha value is -2.72. The van der Waals surface area contributed by atoms with Crippen molar-refractivity contribution < 1.29 is 21.6 Å². The summed E-state index contributed by atoms with van der Waals surface area (Å²) in [6, 6.07) is 12.3. The number of nitrogens with one attached hydrogen (secondary N) is 1. The van der Waals surface area contributed by atoms with E-state index < -0.39 is 22.0 Å². The van der Waals surface area contributed by atoms with Gasteiger partial charge in [-0.2, -0.15) is 17.5 Å². The normalized spacial score (nSPS) is 16.2. The second-order valence-corrected chi connectivity index (χ2v) is 9.32. The quantitative estimate of drug-likeness (QED) is 0.608. The van der Waals surface area contributed by atoms with Gasteiger partial charge >= 0.3 is 6.18 Å². The molecule has 31 heavy (non-hydrogen) atoms. The summed E-state index contributed by atoms with van der Waals surface area (Å²) in [5, 5.41) is 3.30. The van der Waals surface area contributed by atoms with Crippen LogP contribution in [0.25, 0.3) is 10.9 Å². The van der Waals surface area contributed by atoms with Crippen molar-refractivity contribution in [2.75, 3.05) is 18.4 Å². The Bertz CT molecular complexity index is 1170. The average molecular weight is 450 g/mol. The molecule has 10 heteroatoms. The molecule has 0 radical (unpaired) electrons. The number of benzene rings is 2. The van der Waals surface area contributed by atoms with E-state index in [0.717, 1.165) is 25.7 Å². The van der Waals surface area contributed by atoms with Crippen molar-refractivity contribution in [2.24, 2.45) is 0 Å². The number of sulfonamides is 1. The summed E-state index contributed by atoms with van der Waals surface area (Å²) in [6.45, 7) is 0.991. The van der Waals surface area contributed by atoms with E-state index in [-0.39, 0.29) is 16.2 Å². The largest absolute Gasteiger partial charge is 0.451 e. The molecule has 0 amide bonds. The van der Waals surface area contributed by atoms with E-state index in [1.54, 1.807) is 18.2 Å². The van der Waals surface area contributed by atoms with E-state index >= 15 is 0 Å². The molecule has 1 N–H and O–H groups in total. The smallest absolute Gasteiger partial charge is 0.340 e. The molecule has 1 aliphatic rings. The molecule has 164 valence electrons. The van der Waals surface area contributed by atoms with Crippen LogP contribution in [-0.4, -0.2) is 35.8 Å². The predicted molar refractivity (Wildman–Crippen MR) is 111 cm³/mol. The first-order valence-corrected chi connectivity index (χ1v) is 11.4. The Kier molecular flexibility index (Phi) is 5.85. The van der Waals surface area contributed by atoms with E-state index in [0.29, 0.717) is 24.2 Å². The van der Waals surface area contributed by atoms with Crippen LogP contribution in [0.3, 0.4) is 0 Å². The molecule has 0 atom stereocenters. The zero-order valence-corrected chi connectivity index (χ0v) is 17.4. The van der Waals surface area contributed by atoms with Gasteiger partial charge in [0.2, 0.25) is 15.8 Å². The molecule has 4 rings (SSSR count). The van der Waals surface area contributed by atoms with Gasteiger partial charge in [0.1, 0.15) is 5.82 Å². The first-order valence-electron chi connectivity index (χ1n) is 9.96. The minimum Gasteiger partial charge on any atom is -0.340 e. The highest BCUT2D eigenvalue weighted by Crippen LogP contribution is 2.31. The van der Waals surface area contributed by atoms with Gasteiger partial charge in [0.05, 0.1) is 10.4 Å². The number of para-hydroxylation sites is 1. The van der Waals surface area contributed by atoms with Crippen molar-refractivity contribution in [2.45, 2.75) is 36.8 Å². The van der Waals surface area contributed by atoms with Gasteiger partial charge in [0.15, 0.2) is 0 Å². The van der Waals surface area contributed by atoms with E-state index in [9.17, 15) is 21.6 Å². The van der Waals surface area contributed by atoms with E-state index in [1.165, 1.54) is 34.6 Å². The molecule has 0 aliphatic carbocycles. The lowest BCUT2D eigenvalue weighted by Gasteiger charge is -2.20. The number of fused-ring (bicyclic) bond motifs is 1. The molecule has 0 bridgehead atoms. The second kappa shape index (κ2) is 8.43. The van der Waals surface area contributed by atoms with Crippen molar-refractivity contribution in [3.8, 4) is 0 Å². The highest BCUT2D eigenvalue weighted by molar-refractivity contribution is 7.89. The molecule has 3 aromatic rings. The zero-order chi connectivity index (χ0) is 22.1. The highest BCUT2D eigenvalue weighted by Gasteiger charge is 2.35. The van der Waals surface area contributed by atoms with E-state index in [4.69, 9.17) is 0 Å². The molecule has 1 aliphatic heterocycles. The van der Waals surface area contributed by atoms with E-state index in [1.807, 2.05) is 0 Å². The Labute approximate surface area is 178 Å². The first kappa shape index (κ1) is 21.5. The summed E-state index contributed by atoms with van der Waals surface area (Å²) >= 11 is 0. The summed E-state index contributed by atoms with van der Waals surface area (Å²) in [7, 11) is -3.60. The van der Waals surface area contributed by atoms with Crippen LogP contribution in [-0.2, 0) is 16.2 Å². The van der Waals surface area contributed by atoms with Crippen LogP contribution in [0.1, 0.15) is 31.5 Å². The minimum absolute atomic E-state index is 0.000972. The average Bonchev–Trinajstić information content (AvgIpc) is 3.04. The molecular formula is C21H21F3N4O2S. The van der Waals surface area contributed by atoms with Gasteiger partial charge in [-0.15, -0.1) is 0 Å². The maximum atomic E-state index is 13.2. The lowest BCUT2D eigenvalue weighted by atomic mass is 10.2. The minimum atomic E-state index is -4.69. The van der Waals surface area contributed by atoms with Crippen molar-refractivity contribution >= 4 is 32.4 Å². The molecular weight excluding hydrogens is 429 g/mol. The summed E-state index contributed by atoms with van der Waals surface area (Å²) in [4.78, 5) is 7.40. The van der Waals surface area contributed by atoms with Crippen LogP contribution < -0.4 is 5.32 Å². The van der Waals surface area contributed by atoms with Crippen molar-refractivity contribution in [3.05, 3.63) is 54.4 Å². The number of alkyl halides is 3. The Morgan fingerprint density at radius 2 is 1.52 bits per heavy atom. The molecule has 1 saturated heterocycles.